The van der Waals surface area contributed by atoms with Gasteiger partial charge in [-0.2, -0.15) is 0 Å². The topological polar surface area (TPSA) is 54.0 Å². The Bertz CT molecular complexity index is 343. The molecule has 1 aliphatic rings. The predicted octanol–water partition coefficient (Wildman–Crippen LogP) is 4.03. The fourth-order valence-corrected chi connectivity index (χ4v) is 3.00. The van der Waals surface area contributed by atoms with Crippen LogP contribution in [0.25, 0.3) is 0 Å². The Hall–Kier alpha value is 0.430. The van der Waals surface area contributed by atoms with Crippen LogP contribution in [-0.2, 0) is 23.2 Å². The van der Waals surface area contributed by atoms with E-state index in [1.807, 2.05) is 34.6 Å². The molecule has 124 valence electrons. The Balaban J connectivity index is 2.51. The molecular formula is C14H25IO5S. The van der Waals surface area contributed by atoms with Crippen molar-refractivity contribution in [3.05, 3.63) is 0 Å². The molecule has 1 fully saturated rings. The summed E-state index contributed by atoms with van der Waals surface area (Å²) < 4.78 is 22.3. The molecule has 1 saturated heterocycles. The van der Waals surface area contributed by atoms with E-state index < -0.39 is 11.4 Å². The molecule has 0 N–H and O–H groups in total. The van der Waals surface area contributed by atoms with E-state index in [4.69, 9.17) is 18.4 Å². The number of rotatable bonds is 6. The summed E-state index contributed by atoms with van der Waals surface area (Å²) in [5.41, 5.74) is -0.470. The molecule has 0 radical (unpaired) electrons. The average Bonchev–Trinajstić information content (AvgIpc) is 2.23. The summed E-state index contributed by atoms with van der Waals surface area (Å²) in [6, 6.07) is 0. The maximum Gasteiger partial charge on any atom is 0.308 e. The second-order valence-electron chi connectivity index (χ2n) is 6.58. The summed E-state index contributed by atoms with van der Waals surface area (Å²) >= 11 is 2.09. The van der Waals surface area contributed by atoms with Crippen molar-refractivity contribution < 1.29 is 23.2 Å². The number of carbonyl (C=O) groups is 1. The van der Waals surface area contributed by atoms with Gasteiger partial charge in [-0.25, -0.2) is 0 Å². The summed E-state index contributed by atoms with van der Waals surface area (Å²) in [5, 5.41) is 0. The van der Waals surface area contributed by atoms with Gasteiger partial charge in [0.25, 0.3) is 0 Å². The maximum atomic E-state index is 11.9. The quantitative estimate of drug-likeness (QED) is 0.274. The van der Waals surface area contributed by atoms with Gasteiger partial charge in [0.05, 0.1) is 34.4 Å². The Labute approximate surface area is 143 Å². The summed E-state index contributed by atoms with van der Waals surface area (Å²) in [6.07, 6.45) is 1.57. The van der Waals surface area contributed by atoms with Crippen molar-refractivity contribution in [1.82, 2.24) is 0 Å². The first-order valence-electron chi connectivity index (χ1n) is 7.09. The molecule has 21 heavy (non-hydrogen) atoms. The largest absolute Gasteiger partial charge is 0.460 e. The fraction of sp³-hybridized carbons (Fsp3) is 0.929. The van der Waals surface area contributed by atoms with Gasteiger partial charge in [0.1, 0.15) is 5.60 Å². The van der Waals surface area contributed by atoms with Crippen LogP contribution < -0.4 is 0 Å². The molecule has 0 amide bonds. The second kappa shape index (κ2) is 8.33. The van der Waals surface area contributed by atoms with Crippen molar-refractivity contribution >= 4 is 36.4 Å². The smallest absolute Gasteiger partial charge is 0.308 e. The van der Waals surface area contributed by atoms with Gasteiger partial charge in [0.15, 0.2) is 5.79 Å². The van der Waals surface area contributed by atoms with Gasteiger partial charge in [-0.15, -0.1) is 0 Å². The van der Waals surface area contributed by atoms with E-state index >= 15 is 0 Å². The number of halogens is 1. The minimum absolute atomic E-state index is 0.0322. The third-order valence-corrected chi connectivity index (χ3v) is 3.83. The molecule has 7 heteroatoms. The van der Waals surface area contributed by atoms with E-state index in [1.165, 1.54) is 9.21 Å². The molecule has 5 nitrogen and oxygen atoms in total. The van der Waals surface area contributed by atoms with Gasteiger partial charge >= 0.3 is 5.97 Å². The van der Waals surface area contributed by atoms with Gasteiger partial charge in [0.2, 0.25) is 0 Å². The van der Waals surface area contributed by atoms with Gasteiger partial charge in [-0.05, 0) is 41.0 Å². The Kier molecular flexibility index (Phi) is 7.73. The molecular weight excluding hydrogens is 407 g/mol. The van der Waals surface area contributed by atoms with E-state index in [0.29, 0.717) is 13.0 Å². The van der Waals surface area contributed by atoms with Crippen molar-refractivity contribution in [3.8, 4) is 0 Å². The monoisotopic (exact) mass is 432 g/mol. The van der Waals surface area contributed by atoms with E-state index in [-0.39, 0.29) is 24.6 Å². The maximum absolute atomic E-state index is 11.9. The average molecular weight is 432 g/mol. The Morgan fingerprint density at radius 3 is 2.52 bits per heavy atom. The zero-order chi connectivity index (χ0) is 16.1. The van der Waals surface area contributed by atoms with Gasteiger partial charge in [-0.3, -0.25) is 4.79 Å². The third-order valence-electron chi connectivity index (χ3n) is 2.81. The minimum Gasteiger partial charge on any atom is -0.460 e. The number of carbonyl (C=O) groups excluding carboxylic acids is 1. The van der Waals surface area contributed by atoms with Gasteiger partial charge in [0, 0.05) is 27.6 Å². The van der Waals surface area contributed by atoms with Crippen LogP contribution in [0.4, 0.5) is 0 Å². The van der Waals surface area contributed by atoms with E-state index in [1.54, 1.807) is 0 Å². The molecule has 0 aromatic heterocycles. The lowest BCUT2D eigenvalue weighted by Gasteiger charge is -2.40. The first kappa shape index (κ1) is 19.5. The van der Waals surface area contributed by atoms with Crippen LogP contribution in [-0.4, -0.2) is 36.2 Å². The molecule has 0 aromatic carbocycles. The van der Waals surface area contributed by atoms with Crippen LogP contribution in [0.3, 0.4) is 0 Å². The van der Waals surface area contributed by atoms with Crippen LogP contribution in [0.15, 0.2) is 0 Å². The molecule has 1 unspecified atom stereocenters. The molecule has 1 aliphatic heterocycles. The summed E-state index contributed by atoms with van der Waals surface area (Å²) in [5.74, 6) is -0.921. The lowest BCUT2D eigenvalue weighted by molar-refractivity contribution is -0.301. The standard InChI is InChI=1S/C14H25IO5S/c1-13(2,3)20-12(16)9-11-8-10(6-7-17-21-15)18-14(4,5)19-11/h10-11H,6-9H2,1-5H3/t10-,11?/m1/s1. The highest BCUT2D eigenvalue weighted by molar-refractivity contribution is 14.2. The number of esters is 1. The van der Waals surface area contributed by atoms with E-state index in [2.05, 4.69) is 21.2 Å². The molecule has 0 aliphatic carbocycles. The first-order chi connectivity index (χ1) is 9.61. The highest BCUT2D eigenvalue weighted by Crippen LogP contribution is 2.30. The Morgan fingerprint density at radius 1 is 1.33 bits per heavy atom. The normalized spacial score (nSPS) is 25.6. The highest BCUT2D eigenvalue weighted by Gasteiger charge is 2.36. The number of hydrogen-bond donors (Lipinski definition) is 0. The Morgan fingerprint density at radius 2 is 1.95 bits per heavy atom. The first-order valence-corrected chi connectivity index (χ1v) is 10.4. The molecule has 2 atom stereocenters. The van der Waals surface area contributed by atoms with Crippen LogP contribution in [0, 0.1) is 0 Å². The number of hydrogen-bond acceptors (Lipinski definition) is 6. The van der Waals surface area contributed by atoms with E-state index in [9.17, 15) is 4.79 Å². The molecule has 0 bridgehead atoms. The highest BCUT2D eigenvalue weighted by atomic mass is 127. The van der Waals surface area contributed by atoms with E-state index in [0.717, 1.165) is 6.42 Å². The summed E-state index contributed by atoms with van der Waals surface area (Å²) in [7, 11) is 1.32. The fourth-order valence-electron chi connectivity index (χ4n) is 2.30. The molecule has 1 rings (SSSR count). The van der Waals surface area contributed by atoms with Crippen LogP contribution in [0.5, 0.6) is 0 Å². The minimum atomic E-state index is -0.687. The zero-order valence-corrected chi connectivity index (χ0v) is 16.3. The van der Waals surface area contributed by atoms with Crippen LogP contribution >= 0.6 is 30.4 Å². The lowest BCUT2D eigenvalue weighted by atomic mass is 10.0. The summed E-state index contributed by atoms with van der Waals surface area (Å²) in [4.78, 5) is 11.9. The molecule has 0 saturated carbocycles. The van der Waals surface area contributed by atoms with Crippen LogP contribution in [0.2, 0.25) is 0 Å². The van der Waals surface area contributed by atoms with Gasteiger partial charge < -0.3 is 18.4 Å². The van der Waals surface area contributed by atoms with Crippen molar-refractivity contribution in [2.24, 2.45) is 0 Å². The van der Waals surface area contributed by atoms with Gasteiger partial charge in [-0.1, -0.05) is 0 Å². The zero-order valence-electron chi connectivity index (χ0n) is 13.3. The second-order valence-corrected chi connectivity index (χ2v) is 8.02. The number of ether oxygens (including phenoxy) is 3. The molecule has 1 heterocycles. The molecule has 0 spiro atoms. The predicted molar refractivity (Wildman–Crippen MR) is 91.1 cm³/mol. The third kappa shape index (κ3) is 8.59. The van der Waals surface area contributed by atoms with Crippen molar-refractivity contribution in [1.29, 1.82) is 0 Å². The summed E-state index contributed by atoms with van der Waals surface area (Å²) in [6.45, 7) is 9.95. The van der Waals surface area contributed by atoms with Crippen molar-refractivity contribution in [2.75, 3.05) is 6.61 Å². The lowest BCUT2D eigenvalue weighted by Crippen LogP contribution is -2.46. The van der Waals surface area contributed by atoms with Crippen molar-refractivity contribution in [3.63, 3.8) is 0 Å². The van der Waals surface area contributed by atoms with Crippen LogP contribution in [0.1, 0.15) is 53.9 Å². The SMILES string of the molecule is CC(C)(C)OC(=O)CC1C[C@@H](CCOSI)OC(C)(C)O1. The van der Waals surface area contributed by atoms with Crippen molar-refractivity contribution in [2.45, 2.75) is 77.5 Å². The molecule has 0 aromatic rings.